The summed E-state index contributed by atoms with van der Waals surface area (Å²) in [4.78, 5) is 12.8. The van der Waals surface area contributed by atoms with E-state index in [1.54, 1.807) is 10.9 Å². The van der Waals surface area contributed by atoms with E-state index >= 15 is 0 Å². The molecule has 1 aliphatic rings. The predicted molar refractivity (Wildman–Crippen MR) is 86.4 cm³/mol. The van der Waals surface area contributed by atoms with Crippen molar-refractivity contribution in [2.45, 2.75) is 58.9 Å². The Labute approximate surface area is 135 Å². The molecule has 7 nitrogen and oxygen atoms in total. The van der Waals surface area contributed by atoms with E-state index in [9.17, 15) is 4.79 Å². The molecule has 0 saturated carbocycles. The van der Waals surface area contributed by atoms with Gasteiger partial charge in [0.15, 0.2) is 6.29 Å². The molecule has 2 aromatic heterocycles. The van der Waals surface area contributed by atoms with Gasteiger partial charge in [-0.05, 0) is 34.1 Å². The molecule has 126 valence electrons. The molecular formula is C16H24N4O3. The molecule has 3 rings (SSSR count). The van der Waals surface area contributed by atoms with Gasteiger partial charge in [-0.3, -0.25) is 9.48 Å². The highest BCUT2D eigenvalue weighted by Crippen LogP contribution is 2.20. The summed E-state index contributed by atoms with van der Waals surface area (Å²) in [6, 6.07) is 0. The first-order valence-corrected chi connectivity index (χ1v) is 8.07. The van der Waals surface area contributed by atoms with Crippen molar-refractivity contribution in [1.82, 2.24) is 19.6 Å². The molecular weight excluding hydrogens is 296 g/mol. The smallest absolute Gasteiger partial charge is 0.292 e. The van der Waals surface area contributed by atoms with Gasteiger partial charge in [-0.15, -0.1) is 0 Å². The highest BCUT2D eigenvalue weighted by atomic mass is 16.7. The summed E-state index contributed by atoms with van der Waals surface area (Å²) in [5.74, 6) is 0. The molecule has 0 atom stereocenters. The fourth-order valence-electron chi connectivity index (χ4n) is 2.81. The molecule has 0 aromatic carbocycles. The van der Waals surface area contributed by atoms with E-state index in [-0.39, 0.29) is 17.4 Å². The van der Waals surface area contributed by atoms with Crippen LogP contribution in [0.15, 0.2) is 11.0 Å². The molecule has 0 N–H and O–H groups in total. The second kappa shape index (κ2) is 6.05. The normalized spacial score (nSPS) is 17.0. The van der Waals surface area contributed by atoms with Crippen LogP contribution in [0.5, 0.6) is 0 Å². The van der Waals surface area contributed by atoms with E-state index in [4.69, 9.17) is 9.47 Å². The molecule has 0 spiro atoms. The molecule has 23 heavy (non-hydrogen) atoms. The zero-order valence-corrected chi connectivity index (χ0v) is 14.2. The maximum atomic E-state index is 12.8. The SMILES string of the molecule is Cc1nn(CCC2OCCCO2)c(=O)c2c1cnn2C(C)(C)C. The zero-order chi connectivity index (χ0) is 16.6. The van der Waals surface area contributed by atoms with Gasteiger partial charge in [0.2, 0.25) is 0 Å². The van der Waals surface area contributed by atoms with Crippen LogP contribution in [0.1, 0.15) is 39.3 Å². The zero-order valence-electron chi connectivity index (χ0n) is 14.2. The number of rotatable bonds is 3. The standard InChI is InChI=1S/C16H24N4O3/c1-11-12-10-17-20(16(2,3)4)14(12)15(21)19(18-11)7-6-13-22-8-5-9-23-13/h10,13H,5-9H2,1-4H3. The number of aromatic nitrogens is 4. The molecule has 2 aromatic rings. The first-order valence-electron chi connectivity index (χ1n) is 8.07. The molecule has 1 saturated heterocycles. The number of nitrogens with zero attached hydrogens (tertiary/aromatic N) is 4. The Bertz CT molecular complexity index is 751. The number of hydrogen-bond donors (Lipinski definition) is 0. The third-order valence-corrected chi connectivity index (χ3v) is 3.97. The van der Waals surface area contributed by atoms with Gasteiger partial charge in [-0.2, -0.15) is 10.2 Å². The van der Waals surface area contributed by atoms with Gasteiger partial charge < -0.3 is 9.47 Å². The Morgan fingerprint density at radius 1 is 1.30 bits per heavy atom. The highest BCUT2D eigenvalue weighted by molar-refractivity contribution is 5.79. The van der Waals surface area contributed by atoms with Gasteiger partial charge in [-0.25, -0.2) is 4.68 Å². The Morgan fingerprint density at radius 2 is 2.00 bits per heavy atom. The summed E-state index contributed by atoms with van der Waals surface area (Å²) >= 11 is 0. The minimum Gasteiger partial charge on any atom is -0.353 e. The summed E-state index contributed by atoms with van der Waals surface area (Å²) in [5.41, 5.74) is 1.03. The Morgan fingerprint density at radius 3 is 2.65 bits per heavy atom. The average Bonchev–Trinajstić information content (AvgIpc) is 2.96. The first-order chi connectivity index (χ1) is 10.9. The first kappa shape index (κ1) is 16.1. The minimum atomic E-state index is -0.262. The quantitative estimate of drug-likeness (QED) is 0.862. The summed E-state index contributed by atoms with van der Waals surface area (Å²) in [5, 5.41) is 9.63. The van der Waals surface area contributed by atoms with Crippen LogP contribution in [0.4, 0.5) is 0 Å². The average molecular weight is 320 g/mol. The fourth-order valence-corrected chi connectivity index (χ4v) is 2.81. The lowest BCUT2D eigenvalue weighted by Crippen LogP contribution is -2.32. The number of ether oxygens (including phenoxy) is 2. The number of fused-ring (bicyclic) bond motifs is 1. The maximum Gasteiger partial charge on any atom is 0.292 e. The van der Waals surface area contributed by atoms with E-state index in [1.807, 2.05) is 27.7 Å². The van der Waals surface area contributed by atoms with Gasteiger partial charge in [-0.1, -0.05) is 0 Å². The molecule has 1 fully saturated rings. The molecule has 0 radical (unpaired) electrons. The van der Waals surface area contributed by atoms with E-state index in [2.05, 4.69) is 10.2 Å². The van der Waals surface area contributed by atoms with Crippen LogP contribution in [-0.2, 0) is 21.6 Å². The van der Waals surface area contributed by atoms with Gasteiger partial charge >= 0.3 is 0 Å². The molecule has 1 aliphatic heterocycles. The van der Waals surface area contributed by atoms with E-state index in [0.29, 0.717) is 31.7 Å². The Kier molecular flexibility index (Phi) is 4.25. The van der Waals surface area contributed by atoms with Crippen LogP contribution < -0.4 is 5.56 Å². The fraction of sp³-hybridized carbons (Fsp3) is 0.688. The van der Waals surface area contributed by atoms with Crippen LogP contribution in [0.3, 0.4) is 0 Å². The van der Waals surface area contributed by atoms with Crippen LogP contribution in [0.2, 0.25) is 0 Å². The van der Waals surface area contributed by atoms with Gasteiger partial charge in [0.05, 0.1) is 30.6 Å². The van der Waals surface area contributed by atoms with Crippen molar-refractivity contribution in [3.63, 3.8) is 0 Å². The molecule has 3 heterocycles. The van der Waals surface area contributed by atoms with E-state index < -0.39 is 0 Å². The lowest BCUT2D eigenvalue weighted by molar-refractivity contribution is -0.182. The summed E-state index contributed by atoms with van der Waals surface area (Å²) in [6.45, 7) is 9.88. The number of hydrogen-bond acceptors (Lipinski definition) is 5. The second-order valence-electron chi connectivity index (χ2n) is 6.92. The molecule has 0 bridgehead atoms. The Hall–Kier alpha value is -1.73. The van der Waals surface area contributed by atoms with Crippen LogP contribution >= 0.6 is 0 Å². The van der Waals surface area contributed by atoms with Crippen molar-refractivity contribution in [2.24, 2.45) is 0 Å². The van der Waals surface area contributed by atoms with Crippen molar-refractivity contribution in [2.75, 3.05) is 13.2 Å². The Balaban J connectivity index is 1.94. The lowest BCUT2D eigenvalue weighted by Gasteiger charge is -2.23. The summed E-state index contributed by atoms with van der Waals surface area (Å²) in [6.07, 6.45) is 3.01. The molecule has 0 aliphatic carbocycles. The largest absolute Gasteiger partial charge is 0.353 e. The second-order valence-corrected chi connectivity index (χ2v) is 6.92. The molecule has 0 amide bonds. The van der Waals surface area contributed by atoms with Gasteiger partial charge in [0.25, 0.3) is 5.56 Å². The van der Waals surface area contributed by atoms with Gasteiger partial charge in [0.1, 0.15) is 5.52 Å². The van der Waals surface area contributed by atoms with Crippen molar-refractivity contribution in [3.8, 4) is 0 Å². The maximum absolute atomic E-state index is 12.8. The molecule has 7 heteroatoms. The van der Waals surface area contributed by atoms with Crippen molar-refractivity contribution < 1.29 is 9.47 Å². The van der Waals surface area contributed by atoms with Crippen LogP contribution in [0, 0.1) is 6.92 Å². The molecule has 0 unspecified atom stereocenters. The van der Waals surface area contributed by atoms with Gasteiger partial charge in [0, 0.05) is 18.4 Å². The summed E-state index contributed by atoms with van der Waals surface area (Å²) < 4.78 is 14.4. The van der Waals surface area contributed by atoms with E-state index in [0.717, 1.165) is 17.5 Å². The lowest BCUT2D eigenvalue weighted by atomic mass is 10.1. The van der Waals surface area contributed by atoms with E-state index in [1.165, 1.54) is 4.68 Å². The summed E-state index contributed by atoms with van der Waals surface area (Å²) in [7, 11) is 0. The van der Waals surface area contributed by atoms with Crippen LogP contribution in [-0.4, -0.2) is 39.1 Å². The van der Waals surface area contributed by atoms with Crippen molar-refractivity contribution in [1.29, 1.82) is 0 Å². The number of aryl methyl sites for hydroxylation is 2. The third kappa shape index (κ3) is 3.16. The highest BCUT2D eigenvalue weighted by Gasteiger charge is 2.22. The monoisotopic (exact) mass is 320 g/mol. The topological polar surface area (TPSA) is 71.2 Å². The minimum absolute atomic E-state index is 0.117. The predicted octanol–water partition coefficient (Wildman–Crippen LogP) is 1.81. The van der Waals surface area contributed by atoms with Crippen molar-refractivity contribution in [3.05, 3.63) is 22.2 Å². The van der Waals surface area contributed by atoms with Crippen LogP contribution in [0.25, 0.3) is 10.9 Å². The third-order valence-electron chi connectivity index (χ3n) is 3.97. The van der Waals surface area contributed by atoms with Crippen molar-refractivity contribution >= 4 is 10.9 Å².